The second kappa shape index (κ2) is 7.07. The van der Waals surface area contributed by atoms with Crippen molar-refractivity contribution in [1.29, 1.82) is 0 Å². The number of hydrogen-bond acceptors (Lipinski definition) is 2. The van der Waals surface area contributed by atoms with Gasteiger partial charge >= 0.3 is 0 Å². The van der Waals surface area contributed by atoms with E-state index in [4.69, 9.17) is 0 Å². The predicted molar refractivity (Wildman–Crippen MR) is 87.8 cm³/mol. The van der Waals surface area contributed by atoms with Crippen molar-refractivity contribution >= 4 is 5.71 Å². The van der Waals surface area contributed by atoms with E-state index in [2.05, 4.69) is 23.9 Å². The van der Waals surface area contributed by atoms with E-state index >= 15 is 0 Å². The maximum absolute atomic E-state index is 12.7. The van der Waals surface area contributed by atoms with Gasteiger partial charge in [0.15, 0.2) is 0 Å². The van der Waals surface area contributed by atoms with Crippen LogP contribution in [0.3, 0.4) is 0 Å². The minimum Gasteiger partial charge on any atom is -0.294 e. The van der Waals surface area contributed by atoms with Crippen LogP contribution in [0.15, 0.2) is 40.1 Å². The first kappa shape index (κ1) is 15.3. The lowest BCUT2D eigenvalue weighted by Crippen LogP contribution is -2.19. The average molecular weight is 285 g/mol. The summed E-state index contributed by atoms with van der Waals surface area (Å²) >= 11 is 0. The Morgan fingerprint density at radius 3 is 2.52 bits per heavy atom. The van der Waals surface area contributed by atoms with Gasteiger partial charge in [-0.25, -0.2) is 4.68 Å². The van der Waals surface area contributed by atoms with Gasteiger partial charge in [0.1, 0.15) is 0 Å². The van der Waals surface area contributed by atoms with Gasteiger partial charge in [0.2, 0.25) is 0 Å². The molecule has 0 bridgehead atoms. The first-order valence-electron chi connectivity index (χ1n) is 7.59. The van der Waals surface area contributed by atoms with Gasteiger partial charge in [0.05, 0.1) is 11.3 Å². The molecule has 1 heterocycles. The largest absolute Gasteiger partial charge is 0.294 e. The van der Waals surface area contributed by atoms with Crippen molar-refractivity contribution in [3.63, 3.8) is 0 Å². The Kier molecular flexibility index (Phi) is 5.14. The van der Waals surface area contributed by atoms with Gasteiger partial charge < -0.3 is 0 Å². The third-order valence-corrected chi connectivity index (χ3v) is 3.41. The summed E-state index contributed by atoms with van der Waals surface area (Å²) in [7, 11) is 0. The van der Waals surface area contributed by atoms with Crippen molar-refractivity contribution in [2.45, 2.75) is 40.0 Å². The van der Waals surface area contributed by atoms with E-state index in [0.29, 0.717) is 0 Å². The molecule has 1 aromatic carbocycles. The summed E-state index contributed by atoms with van der Waals surface area (Å²) < 4.78 is 1.62. The molecular formula is C17H23N3O. The Labute approximate surface area is 125 Å². The first-order valence-corrected chi connectivity index (χ1v) is 7.59. The minimum absolute atomic E-state index is 0.0120. The minimum atomic E-state index is -0.0120. The topological polar surface area (TPSA) is 50.1 Å². The zero-order valence-electron chi connectivity index (χ0n) is 13.0. The number of benzene rings is 1. The highest BCUT2D eigenvalue weighted by Gasteiger charge is 2.16. The summed E-state index contributed by atoms with van der Waals surface area (Å²) in [5, 5.41) is 3.25. The number of nitrogens with one attached hydrogen (secondary N) is 1. The van der Waals surface area contributed by atoms with Gasteiger partial charge in [-0.05, 0) is 31.9 Å². The SMILES string of the molecule is CCCN=C(C)c1c(CCC)[nH]n(-c2ccccc2)c1=O. The molecule has 21 heavy (non-hydrogen) atoms. The lowest BCUT2D eigenvalue weighted by Gasteiger charge is -2.00. The second-order valence-corrected chi connectivity index (χ2v) is 5.16. The van der Waals surface area contributed by atoms with E-state index < -0.39 is 0 Å². The van der Waals surface area contributed by atoms with Crippen molar-refractivity contribution in [3.8, 4) is 5.69 Å². The highest BCUT2D eigenvalue weighted by molar-refractivity contribution is 5.99. The van der Waals surface area contributed by atoms with Gasteiger partial charge in [-0.3, -0.25) is 14.9 Å². The number of hydrogen-bond donors (Lipinski definition) is 1. The number of para-hydroxylation sites is 1. The highest BCUT2D eigenvalue weighted by atomic mass is 16.1. The third-order valence-electron chi connectivity index (χ3n) is 3.41. The zero-order valence-corrected chi connectivity index (χ0v) is 13.0. The summed E-state index contributed by atoms with van der Waals surface area (Å²) in [5.41, 5.74) is 3.38. The standard InChI is InChI=1S/C17H23N3O/c1-4-9-15-16(13(3)18-12-5-2)17(21)20(19-15)14-10-7-6-8-11-14/h6-8,10-11,19H,4-5,9,12H2,1-3H3. The van der Waals surface area contributed by atoms with Gasteiger partial charge in [-0.2, -0.15) is 0 Å². The molecule has 112 valence electrons. The number of H-pyrrole nitrogens is 1. The molecule has 0 aliphatic rings. The average Bonchev–Trinajstić information content (AvgIpc) is 2.83. The van der Waals surface area contributed by atoms with E-state index in [1.165, 1.54) is 0 Å². The van der Waals surface area contributed by atoms with E-state index in [9.17, 15) is 4.79 Å². The number of aryl methyl sites for hydroxylation is 1. The summed E-state index contributed by atoms with van der Waals surface area (Å²) in [6, 6.07) is 9.66. The highest BCUT2D eigenvalue weighted by Crippen LogP contribution is 2.11. The molecule has 0 fully saturated rings. The molecule has 0 radical (unpaired) electrons. The van der Waals surface area contributed by atoms with Crippen LogP contribution in [0.25, 0.3) is 5.69 Å². The normalized spacial score (nSPS) is 11.9. The van der Waals surface area contributed by atoms with Crippen molar-refractivity contribution in [1.82, 2.24) is 9.78 Å². The Morgan fingerprint density at radius 2 is 1.90 bits per heavy atom. The smallest absolute Gasteiger partial charge is 0.280 e. The molecule has 1 N–H and O–H groups in total. The molecule has 4 heteroatoms. The van der Waals surface area contributed by atoms with Crippen LogP contribution < -0.4 is 5.56 Å². The third kappa shape index (κ3) is 3.32. The van der Waals surface area contributed by atoms with Crippen LogP contribution in [0.5, 0.6) is 0 Å². The van der Waals surface area contributed by atoms with Crippen molar-refractivity contribution < 1.29 is 0 Å². The molecule has 0 atom stereocenters. The van der Waals surface area contributed by atoms with Crippen LogP contribution in [0.4, 0.5) is 0 Å². The fourth-order valence-electron chi connectivity index (χ4n) is 2.40. The Balaban J connectivity index is 2.54. The molecule has 0 unspecified atom stereocenters. The lowest BCUT2D eigenvalue weighted by atomic mass is 10.1. The van der Waals surface area contributed by atoms with E-state index in [1.807, 2.05) is 37.3 Å². The summed E-state index contributed by atoms with van der Waals surface area (Å²) in [6.45, 7) is 6.88. The fraction of sp³-hybridized carbons (Fsp3) is 0.412. The quantitative estimate of drug-likeness (QED) is 0.813. The zero-order chi connectivity index (χ0) is 15.2. The second-order valence-electron chi connectivity index (χ2n) is 5.16. The number of aromatic nitrogens is 2. The number of nitrogens with zero attached hydrogens (tertiary/aromatic N) is 2. The predicted octanol–water partition coefficient (Wildman–Crippen LogP) is 3.34. The number of aliphatic imine (C=N–C) groups is 1. The summed E-state index contributed by atoms with van der Waals surface area (Å²) in [4.78, 5) is 17.2. The number of aromatic amines is 1. The summed E-state index contributed by atoms with van der Waals surface area (Å²) in [5.74, 6) is 0. The van der Waals surface area contributed by atoms with E-state index in [0.717, 1.165) is 48.5 Å². The molecule has 0 aliphatic heterocycles. The van der Waals surface area contributed by atoms with Crippen LogP contribution in [0.1, 0.15) is 44.9 Å². The molecule has 2 rings (SSSR count). The van der Waals surface area contributed by atoms with Crippen LogP contribution in [0, 0.1) is 0 Å². The first-order chi connectivity index (χ1) is 10.2. The maximum atomic E-state index is 12.7. The van der Waals surface area contributed by atoms with Crippen LogP contribution in [0.2, 0.25) is 0 Å². The van der Waals surface area contributed by atoms with E-state index in [1.54, 1.807) is 4.68 Å². The Bertz CT molecular complexity index is 665. The number of rotatable bonds is 6. The van der Waals surface area contributed by atoms with Gasteiger partial charge in [0.25, 0.3) is 5.56 Å². The summed E-state index contributed by atoms with van der Waals surface area (Å²) in [6.07, 6.45) is 2.82. The van der Waals surface area contributed by atoms with Gasteiger partial charge in [-0.1, -0.05) is 38.5 Å². The molecular weight excluding hydrogens is 262 g/mol. The molecule has 0 aliphatic carbocycles. The monoisotopic (exact) mass is 285 g/mol. The fourth-order valence-corrected chi connectivity index (χ4v) is 2.40. The van der Waals surface area contributed by atoms with Crippen LogP contribution in [-0.2, 0) is 6.42 Å². The molecule has 0 spiro atoms. The van der Waals surface area contributed by atoms with Crippen molar-refractivity contribution in [3.05, 3.63) is 51.9 Å². The molecule has 4 nitrogen and oxygen atoms in total. The Morgan fingerprint density at radius 1 is 1.19 bits per heavy atom. The molecule has 0 amide bonds. The van der Waals surface area contributed by atoms with Gasteiger partial charge in [-0.15, -0.1) is 0 Å². The van der Waals surface area contributed by atoms with E-state index in [-0.39, 0.29) is 5.56 Å². The van der Waals surface area contributed by atoms with Crippen molar-refractivity contribution in [2.24, 2.45) is 4.99 Å². The lowest BCUT2D eigenvalue weighted by molar-refractivity contribution is 0.793. The molecule has 0 saturated carbocycles. The van der Waals surface area contributed by atoms with Crippen LogP contribution >= 0.6 is 0 Å². The molecule has 2 aromatic rings. The maximum Gasteiger partial charge on any atom is 0.280 e. The molecule has 0 saturated heterocycles. The Hall–Kier alpha value is -2.10. The van der Waals surface area contributed by atoms with Gasteiger partial charge in [0, 0.05) is 18.0 Å². The molecule has 1 aromatic heterocycles. The van der Waals surface area contributed by atoms with Crippen LogP contribution in [-0.4, -0.2) is 22.0 Å². The van der Waals surface area contributed by atoms with Crippen molar-refractivity contribution in [2.75, 3.05) is 6.54 Å².